The van der Waals surface area contributed by atoms with Crippen LogP contribution in [-0.4, -0.2) is 59.0 Å². The molecule has 2 aromatic rings. The highest BCUT2D eigenvalue weighted by Crippen LogP contribution is 2.33. The Kier molecular flexibility index (Phi) is 5.78. The zero-order chi connectivity index (χ0) is 21.4. The molecule has 1 amide bonds. The van der Waals surface area contributed by atoms with E-state index in [1.165, 1.54) is 5.56 Å². The van der Waals surface area contributed by atoms with E-state index in [0.29, 0.717) is 5.92 Å². The summed E-state index contributed by atoms with van der Waals surface area (Å²) in [6.45, 7) is 13.9. The second-order valence-electron chi connectivity index (χ2n) is 8.97. The lowest BCUT2D eigenvalue weighted by Crippen LogP contribution is -2.55. The van der Waals surface area contributed by atoms with Crippen molar-refractivity contribution in [1.82, 2.24) is 14.9 Å². The van der Waals surface area contributed by atoms with Gasteiger partial charge in [0.2, 0.25) is 5.91 Å². The zero-order valence-corrected chi connectivity index (χ0v) is 18.8. The van der Waals surface area contributed by atoms with Gasteiger partial charge in [-0.3, -0.25) is 9.69 Å². The van der Waals surface area contributed by atoms with Crippen molar-refractivity contribution in [1.29, 1.82) is 0 Å². The lowest BCUT2D eigenvalue weighted by atomic mass is 10.1. The second kappa shape index (κ2) is 8.34. The molecule has 0 bridgehead atoms. The van der Waals surface area contributed by atoms with Gasteiger partial charge in [-0.25, -0.2) is 9.97 Å². The minimum Gasteiger partial charge on any atom is -0.354 e. The van der Waals surface area contributed by atoms with Crippen molar-refractivity contribution in [2.75, 3.05) is 36.0 Å². The summed E-state index contributed by atoms with van der Waals surface area (Å²) in [4.78, 5) is 29.4. The molecule has 2 aliphatic heterocycles. The Labute approximate surface area is 179 Å². The van der Waals surface area contributed by atoms with E-state index in [9.17, 15) is 4.79 Å². The number of fused-ring (bicyclic) bond motifs is 1. The van der Waals surface area contributed by atoms with Gasteiger partial charge in [0.15, 0.2) is 0 Å². The van der Waals surface area contributed by atoms with Gasteiger partial charge >= 0.3 is 0 Å². The summed E-state index contributed by atoms with van der Waals surface area (Å²) in [7, 11) is 0. The highest BCUT2D eigenvalue weighted by molar-refractivity contribution is 5.99. The average molecular weight is 408 g/mol. The molecule has 1 aromatic carbocycles. The number of anilines is 2. The maximum Gasteiger partial charge on any atom is 0.244 e. The number of aryl methyl sites for hydroxylation is 1. The molecular weight excluding hydrogens is 374 g/mol. The third kappa shape index (κ3) is 3.93. The van der Waals surface area contributed by atoms with Gasteiger partial charge in [-0.2, -0.15) is 0 Å². The molecule has 1 aromatic heterocycles. The fraction of sp³-hybridized carbons (Fsp3) is 0.542. The van der Waals surface area contributed by atoms with E-state index in [1.54, 1.807) is 0 Å². The van der Waals surface area contributed by atoms with E-state index < -0.39 is 0 Å². The summed E-state index contributed by atoms with van der Waals surface area (Å²) in [6, 6.07) is 10.5. The van der Waals surface area contributed by atoms with Crippen molar-refractivity contribution < 1.29 is 4.79 Å². The molecule has 3 heterocycles. The van der Waals surface area contributed by atoms with Crippen LogP contribution in [0.2, 0.25) is 0 Å². The van der Waals surface area contributed by atoms with Crippen molar-refractivity contribution in [3.63, 3.8) is 0 Å². The minimum absolute atomic E-state index is 0.126. The third-order valence-electron chi connectivity index (χ3n) is 6.36. The first kappa shape index (κ1) is 20.8. The molecule has 0 spiro atoms. The lowest BCUT2D eigenvalue weighted by Gasteiger charge is -2.39. The number of hydrogen-bond donors (Lipinski definition) is 0. The first-order chi connectivity index (χ1) is 14.3. The van der Waals surface area contributed by atoms with Crippen LogP contribution in [0, 0.1) is 6.92 Å². The van der Waals surface area contributed by atoms with Crippen LogP contribution < -0.4 is 9.80 Å². The van der Waals surface area contributed by atoms with E-state index in [-0.39, 0.29) is 18.0 Å². The summed E-state index contributed by atoms with van der Waals surface area (Å²) < 4.78 is 0. The predicted molar refractivity (Wildman–Crippen MR) is 121 cm³/mol. The number of carbonyl (C=O) groups excluding carboxylic acids is 1. The van der Waals surface area contributed by atoms with E-state index in [2.05, 4.69) is 66.7 Å². The SMILES string of the molecule is Cc1cc(N2CCN([C@H](C)C(=O)N3c4ccccc4C[C@H]3C)CC2)nc(C(C)C)n1. The summed E-state index contributed by atoms with van der Waals surface area (Å²) in [5.41, 5.74) is 3.37. The molecule has 4 rings (SSSR count). The highest BCUT2D eigenvalue weighted by Gasteiger charge is 2.36. The first-order valence-corrected chi connectivity index (χ1v) is 11.1. The smallest absolute Gasteiger partial charge is 0.244 e. The Morgan fingerprint density at radius 3 is 2.47 bits per heavy atom. The highest BCUT2D eigenvalue weighted by atomic mass is 16.2. The molecule has 6 nitrogen and oxygen atoms in total. The molecule has 0 N–H and O–H groups in total. The number of hydrogen-bond acceptors (Lipinski definition) is 5. The number of benzene rings is 1. The monoisotopic (exact) mass is 407 g/mol. The predicted octanol–water partition coefficient (Wildman–Crippen LogP) is 3.40. The van der Waals surface area contributed by atoms with E-state index >= 15 is 0 Å². The van der Waals surface area contributed by atoms with Crippen LogP contribution in [-0.2, 0) is 11.2 Å². The molecule has 6 heteroatoms. The maximum absolute atomic E-state index is 13.4. The summed E-state index contributed by atoms with van der Waals surface area (Å²) >= 11 is 0. The van der Waals surface area contributed by atoms with Crippen LogP contribution in [0.5, 0.6) is 0 Å². The fourth-order valence-electron chi connectivity index (χ4n) is 4.59. The molecule has 0 radical (unpaired) electrons. The number of amides is 1. The normalized spacial score (nSPS) is 20.5. The largest absolute Gasteiger partial charge is 0.354 e. The molecule has 0 aliphatic carbocycles. The quantitative estimate of drug-likeness (QED) is 0.778. The zero-order valence-electron chi connectivity index (χ0n) is 18.8. The third-order valence-corrected chi connectivity index (χ3v) is 6.36. The molecule has 0 saturated carbocycles. The van der Waals surface area contributed by atoms with Crippen molar-refractivity contribution in [3.8, 4) is 0 Å². The maximum atomic E-state index is 13.4. The summed E-state index contributed by atoms with van der Waals surface area (Å²) in [5, 5.41) is 0. The Morgan fingerprint density at radius 1 is 1.07 bits per heavy atom. The molecule has 1 fully saturated rings. The Morgan fingerprint density at radius 2 is 1.77 bits per heavy atom. The van der Waals surface area contributed by atoms with Gasteiger partial charge in [0.05, 0.1) is 6.04 Å². The first-order valence-electron chi connectivity index (χ1n) is 11.1. The summed E-state index contributed by atoms with van der Waals surface area (Å²) in [6.07, 6.45) is 0.938. The van der Waals surface area contributed by atoms with E-state index in [1.807, 2.05) is 17.9 Å². The van der Waals surface area contributed by atoms with Crippen LogP contribution in [0.3, 0.4) is 0 Å². The van der Waals surface area contributed by atoms with Crippen LogP contribution in [0.25, 0.3) is 0 Å². The topological polar surface area (TPSA) is 52.6 Å². The molecule has 160 valence electrons. The molecule has 30 heavy (non-hydrogen) atoms. The molecule has 0 unspecified atom stereocenters. The van der Waals surface area contributed by atoms with Gasteiger partial charge in [-0.05, 0) is 38.8 Å². The molecule has 1 saturated heterocycles. The Bertz CT molecular complexity index is 920. The number of carbonyl (C=O) groups is 1. The van der Waals surface area contributed by atoms with Crippen molar-refractivity contribution in [2.45, 2.75) is 59.0 Å². The van der Waals surface area contributed by atoms with Crippen LogP contribution >= 0.6 is 0 Å². The summed E-state index contributed by atoms with van der Waals surface area (Å²) in [5.74, 6) is 2.43. The van der Waals surface area contributed by atoms with Gasteiger partial charge in [-0.1, -0.05) is 32.0 Å². The number of nitrogens with zero attached hydrogens (tertiary/aromatic N) is 5. The Balaban J connectivity index is 1.43. The van der Waals surface area contributed by atoms with Gasteiger partial charge < -0.3 is 9.80 Å². The van der Waals surface area contributed by atoms with Crippen molar-refractivity contribution >= 4 is 17.4 Å². The standard InChI is InChI=1S/C24H33N5O/c1-16(2)23-25-17(3)14-22(26-23)28-12-10-27(11-13-28)19(5)24(30)29-18(4)15-20-8-6-7-9-21(20)29/h6-9,14,16,18-19H,10-13,15H2,1-5H3/t18-,19-/m1/s1. The van der Waals surface area contributed by atoms with Gasteiger partial charge in [-0.15, -0.1) is 0 Å². The van der Waals surface area contributed by atoms with Gasteiger partial charge in [0.25, 0.3) is 0 Å². The minimum atomic E-state index is -0.126. The number of rotatable bonds is 4. The van der Waals surface area contributed by atoms with Crippen LogP contribution in [0.1, 0.15) is 50.7 Å². The van der Waals surface area contributed by atoms with Gasteiger partial charge in [0, 0.05) is 55.6 Å². The van der Waals surface area contributed by atoms with Crippen LogP contribution in [0.4, 0.5) is 11.5 Å². The molecular formula is C24H33N5O. The molecule has 2 aliphatic rings. The van der Waals surface area contributed by atoms with Crippen molar-refractivity contribution in [2.24, 2.45) is 0 Å². The fourth-order valence-corrected chi connectivity index (χ4v) is 4.59. The molecule has 2 atom stereocenters. The van der Waals surface area contributed by atoms with Gasteiger partial charge in [0.1, 0.15) is 11.6 Å². The number of para-hydroxylation sites is 1. The van der Waals surface area contributed by atoms with E-state index in [4.69, 9.17) is 4.98 Å². The average Bonchev–Trinajstić information content (AvgIpc) is 3.08. The lowest BCUT2D eigenvalue weighted by molar-refractivity contribution is -0.123. The Hall–Kier alpha value is -2.47. The van der Waals surface area contributed by atoms with E-state index in [0.717, 1.165) is 55.6 Å². The van der Waals surface area contributed by atoms with Crippen molar-refractivity contribution in [3.05, 3.63) is 47.4 Å². The second-order valence-corrected chi connectivity index (χ2v) is 8.97. The van der Waals surface area contributed by atoms with Crippen LogP contribution in [0.15, 0.2) is 30.3 Å². The number of piperazine rings is 1. The number of aromatic nitrogens is 2.